The van der Waals surface area contributed by atoms with Gasteiger partial charge < -0.3 is 20.1 Å². The van der Waals surface area contributed by atoms with Crippen molar-refractivity contribution in [2.24, 2.45) is 10.9 Å². The summed E-state index contributed by atoms with van der Waals surface area (Å²) >= 11 is 0. The Bertz CT molecular complexity index is 570. The molecule has 1 fully saturated rings. The van der Waals surface area contributed by atoms with Crippen LogP contribution in [0.5, 0.6) is 0 Å². The minimum atomic E-state index is -0.560. The molecule has 0 aromatic heterocycles. The minimum Gasteiger partial charge on any atom is -0.381 e. The van der Waals surface area contributed by atoms with E-state index in [1.54, 1.807) is 7.05 Å². The number of ether oxygens (including phenoxy) is 2. The Morgan fingerprint density at radius 2 is 1.96 bits per heavy atom. The molecule has 0 saturated carbocycles. The molecule has 0 aliphatic carbocycles. The van der Waals surface area contributed by atoms with Gasteiger partial charge in [0.1, 0.15) is 11.6 Å². The fraction of sp³-hybridized carbons (Fsp3) is 0.632. The van der Waals surface area contributed by atoms with Crippen LogP contribution in [0.15, 0.2) is 23.2 Å². The number of halogens is 3. The first-order valence-corrected chi connectivity index (χ1v) is 9.23. The van der Waals surface area contributed by atoms with Gasteiger partial charge in [-0.2, -0.15) is 0 Å². The highest BCUT2D eigenvalue weighted by molar-refractivity contribution is 14.0. The smallest absolute Gasteiger partial charge is 0.190 e. The van der Waals surface area contributed by atoms with E-state index in [-0.39, 0.29) is 24.0 Å². The van der Waals surface area contributed by atoms with E-state index in [2.05, 4.69) is 15.6 Å². The van der Waals surface area contributed by atoms with E-state index in [1.165, 1.54) is 12.1 Å². The molecule has 1 heterocycles. The van der Waals surface area contributed by atoms with E-state index in [0.29, 0.717) is 37.0 Å². The van der Waals surface area contributed by atoms with Crippen molar-refractivity contribution in [2.75, 3.05) is 46.6 Å². The number of nitrogens with one attached hydrogen (secondary N) is 2. The summed E-state index contributed by atoms with van der Waals surface area (Å²) < 4.78 is 37.5. The van der Waals surface area contributed by atoms with Crippen LogP contribution in [0.4, 0.5) is 8.78 Å². The number of benzene rings is 1. The first kappa shape index (κ1) is 24.0. The quantitative estimate of drug-likeness (QED) is 0.238. The molecule has 8 heteroatoms. The molecular formula is C19H30F2IN3O2. The zero-order valence-corrected chi connectivity index (χ0v) is 18.1. The molecule has 2 N–H and O–H groups in total. The van der Waals surface area contributed by atoms with Gasteiger partial charge in [-0.1, -0.05) is 6.07 Å². The maximum Gasteiger partial charge on any atom is 0.190 e. The topological polar surface area (TPSA) is 54.9 Å². The average molecular weight is 497 g/mol. The lowest BCUT2D eigenvalue weighted by Crippen LogP contribution is -2.39. The highest BCUT2D eigenvalue weighted by Crippen LogP contribution is 2.14. The SMILES string of the molecule is CN=C(NCCCOCC1CCOCC1)NCCc1ccc(F)cc1F.I. The molecule has 27 heavy (non-hydrogen) atoms. The monoisotopic (exact) mass is 497 g/mol. The summed E-state index contributed by atoms with van der Waals surface area (Å²) in [4.78, 5) is 4.13. The van der Waals surface area contributed by atoms with Gasteiger partial charge in [0.2, 0.25) is 0 Å². The second-order valence-electron chi connectivity index (χ2n) is 6.40. The van der Waals surface area contributed by atoms with Crippen LogP contribution in [-0.4, -0.2) is 52.5 Å². The molecule has 1 aromatic carbocycles. The van der Waals surface area contributed by atoms with Crippen molar-refractivity contribution < 1.29 is 18.3 Å². The average Bonchev–Trinajstić information content (AvgIpc) is 2.65. The minimum absolute atomic E-state index is 0. The standard InChI is InChI=1S/C19H29F2N3O2.HI/c1-22-19(24-9-5-16-3-4-17(20)13-18(16)21)23-8-2-10-26-14-15-6-11-25-12-7-15;/h3-4,13,15H,2,5-12,14H2,1H3,(H2,22,23,24);1H. The Morgan fingerprint density at radius 3 is 2.67 bits per heavy atom. The summed E-state index contributed by atoms with van der Waals surface area (Å²) in [6, 6.07) is 3.65. The predicted molar refractivity (Wildman–Crippen MR) is 114 cm³/mol. The second kappa shape index (κ2) is 14.1. The number of hydrogen-bond acceptors (Lipinski definition) is 3. The molecule has 1 aromatic rings. The molecule has 1 aliphatic heterocycles. The van der Waals surface area contributed by atoms with Crippen molar-refractivity contribution in [2.45, 2.75) is 25.7 Å². The molecule has 0 bridgehead atoms. The summed E-state index contributed by atoms with van der Waals surface area (Å²) in [6.45, 7) is 4.47. The zero-order valence-electron chi connectivity index (χ0n) is 15.8. The first-order chi connectivity index (χ1) is 12.7. The van der Waals surface area contributed by atoms with Crippen molar-refractivity contribution in [3.8, 4) is 0 Å². The van der Waals surface area contributed by atoms with Gasteiger partial charge in [0.05, 0.1) is 0 Å². The number of hydrogen-bond donors (Lipinski definition) is 2. The van der Waals surface area contributed by atoms with Gasteiger partial charge in [0.25, 0.3) is 0 Å². The number of aliphatic imine (C=N–C) groups is 1. The summed E-state index contributed by atoms with van der Waals surface area (Å²) in [5.41, 5.74) is 0.482. The largest absolute Gasteiger partial charge is 0.381 e. The second-order valence-corrected chi connectivity index (χ2v) is 6.40. The van der Waals surface area contributed by atoms with Gasteiger partial charge in [-0.05, 0) is 43.2 Å². The Kier molecular flexibility index (Phi) is 12.5. The Hall–Kier alpha value is -1.00. The van der Waals surface area contributed by atoms with Gasteiger partial charge in [0, 0.05) is 52.6 Å². The summed E-state index contributed by atoms with van der Waals surface area (Å²) in [5, 5.41) is 6.33. The van der Waals surface area contributed by atoms with Crippen LogP contribution in [0.25, 0.3) is 0 Å². The van der Waals surface area contributed by atoms with Crippen LogP contribution in [-0.2, 0) is 15.9 Å². The molecular weight excluding hydrogens is 467 g/mol. The van der Waals surface area contributed by atoms with Crippen LogP contribution in [0, 0.1) is 17.6 Å². The molecule has 0 radical (unpaired) electrons. The van der Waals surface area contributed by atoms with Gasteiger partial charge in [-0.3, -0.25) is 4.99 Å². The van der Waals surface area contributed by atoms with Gasteiger partial charge in [0.15, 0.2) is 5.96 Å². The lowest BCUT2D eigenvalue weighted by molar-refractivity contribution is 0.0203. The van der Waals surface area contributed by atoms with Crippen LogP contribution in [0.2, 0.25) is 0 Å². The Morgan fingerprint density at radius 1 is 1.22 bits per heavy atom. The summed E-state index contributed by atoms with van der Waals surface area (Å²) in [5.74, 6) is 0.210. The van der Waals surface area contributed by atoms with E-state index >= 15 is 0 Å². The highest BCUT2D eigenvalue weighted by Gasteiger charge is 2.13. The molecule has 0 unspecified atom stereocenters. The lowest BCUT2D eigenvalue weighted by atomic mass is 10.0. The number of nitrogens with zero attached hydrogens (tertiary/aromatic N) is 1. The van der Waals surface area contributed by atoms with Crippen LogP contribution >= 0.6 is 24.0 Å². The van der Waals surface area contributed by atoms with Gasteiger partial charge in [-0.25, -0.2) is 8.78 Å². The first-order valence-electron chi connectivity index (χ1n) is 9.23. The van der Waals surface area contributed by atoms with Crippen LogP contribution < -0.4 is 10.6 Å². The maximum atomic E-state index is 13.6. The molecule has 0 amide bonds. The zero-order chi connectivity index (χ0) is 18.6. The van der Waals surface area contributed by atoms with Gasteiger partial charge in [-0.15, -0.1) is 24.0 Å². The third-order valence-electron chi connectivity index (χ3n) is 4.38. The normalized spacial score (nSPS) is 15.3. The van der Waals surface area contributed by atoms with Crippen LogP contribution in [0.3, 0.4) is 0 Å². The van der Waals surface area contributed by atoms with E-state index < -0.39 is 11.6 Å². The maximum absolute atomic E-state index is 13.6. The van der Waals surface area contributed by atoms with Crippen molar-refractivity contribution in [1.82, 2.24) is 10.6 Å². The fourth-order valence-electron chi connectivity index (χ4n) is 2.80. The van der Waals surface area contributed by atoms with E-state index in [9.17, 15) is 8.78 Å². The molecule has 1 aliphatic rings. The molecule has 1 saturated heterocycles. The van der Waals surface area contributed by atoms with E-state index in [4.69, 9.17) is 9.47 Å². The van der Waals surface area contributed by atoms with Crippen molar-refractivity contribution >= 4 is 29.9 Å². The van der Waals surface area contributed by atoms with Gasteiger partial charge >= 0.3 is 0 Å². The third kappa shape index (κ3) is 9.66. The molecule has 2 rings (SSSR count). The summed E-state index contributed by atoms with van der Waals surface area (Å²) in [6.07, 6.45) is 3.52. The van der Waals surface area contributed by atoms with Crippen molar-refractivity contribution in [1.29, 1.82) is 0 Å². The van der Waals surface area contributed by atoms with E-state index in [0.717, 1.165) is 51.7 Å². The van der Waals surface area contributed by atoms with E-state index in [1.807, 2.05) is 0 Å². The number of rotatable bonds is 9. The molecule has 5 nitrogen and oxygen atoms in total. The highest BCUT2D eigenvalue weighted by atomic mass is 127. The molecule has 154 valence electrons. The Balaban J connectivity index is 0.00000364. The van der Waals surface area contributed by atoms with Crippen molar-refractivity contribution in [3.05, 3.63) is 35.4 Å². The van der Waals surface area contributed by atoms with Crippen LogP contribution in [0.1, 0.15) is 24.8 Å². The molecule has 0 atom stereocenters. The summed E-state index contributed by atoms with van der Waals surface area (Å²) in [7, 11) is 1.69. The third-order valence-corrected chi connectivity index (χ3v) is 4.38. The number of guanidine groups is 1. The lowest BCUT2D eigenvalue weighted by Gasteiger charge is -2.21. The Labute approximate surface area is 177 Å². The van der Waals surface area contributed by atoms with Crippen molar-refractivity contribution in [3.63, 3.8) is 0 Å². The molecule has 0 spiro atoms. The predicted octanol–water partition coefficient (Wildman–Crippen LogP) is 3.12. The fourth-order valence-corrected chi connectivity index (χ4v) is 2.80.